The molecule has 6 heteroatoms. The van der Waals surface area contributed by atoms with Crippen LogP contribution in [0.25, 0.3) is 0 Å². The zero-order valence-corrected chi connectivity index (χ0v) is 10.6. The molecular weight excluding hydrogens is 246 g/mol. The first-order chi connectivity index (χ1) is 9.16. The molecule has 0 aliphatic carbocycles. The van der Waals surface area contributed by atoms with Crippen LogP contribution < -0.4 is 16.2 Å². The molecule has 1 aliphatic heterocycles. The molecule has 102 valence electrons. The van der Waals surface area contributed by atoms with Gasteiger partial charge in [0.1, 0.15) is 12.6 Å². The number of hydrogen-bond acceptors (Lipinski definition) is 3. The molecule has 2 heterocycles. The van der Waals surface area contributed by atoms with Crippen molar-refractivity contribution in [3.8, 4) is 0 Å². The molecule has 1 aromatic rings. The third kappa shape index (κ3) is 3.67. The lowest BCUT2D eigenvalue weighted by Crippen LogP contribution is -2.47. The van der Waals surface area contributed by atoms with Gasteiger partial charge < -0.3 is 15.2 Å². The van der Waals surface area contributed by atoms with Crippen LogP contribution in [-0.4, -0.2) is 29.0 Å². The van der Waals surface area contributed by atoms with Gasteiger partial charge in [-0.05, 0) is 25.3 Å². The number of nitrogens with zero attached hydrogens (tertiary/aromatic N) is 1. The molecular formula is C13H17N3O3. The molecule has 2 rings (SSSR count). The van der Waals surface area contributed by atoms with Crippen LogP contribution in [0.4, 0.5) is 0 Å². The molecule has 1 atom stereocenters. The summed E-state index contributed by atoms with van der Waals surface area (Å²) in [4.78, 5) is 35.0. The molecule has 6 nitrogen and oxygen atoms in total. The van der Waals surface area contributed by atoms with E-state index in [-0.39, 0.29) is 23.9 Å². The van der Waals surface area contributed by atoms with Gasteiger partial charge >= 0.3 is 0 Å². The minimum atomic E-state index is -0.491. The van der Waals surface area contributed by atoms with E-state index in [1.807, 2.05) is 0 Å². The van der Waals surface area contributed by atoms with Gasteiger partial charge in [0.25, 0.3) is 5.56 Å². The van der Waals surface area contributed by atoms with Crippen LogP contribution in [0.1, 0.15) is 19.3 Å². The third-order valence-electron chi connectivity index (χ3n) is 3.08. The number of carbonyl (C=O) groups excluding carboxylic acids is 2. The highest BCUT2D eigenvalue weighted by molar-refractivity contribution is 5.87. The molecule has 0 bridgehead atoms. The second-order valence-electron chi connectivity index (χ2n) is 4.57. The van der Waals surface area contributed by atoms with Crippen molar-refractivity contribution in [3.63, 3.8) is 0 Å². The summed E-state index contributed by atoms with van der Waals surface area (Å²) in [5.41, 5.74) is -0.233. The number of amides is 2. The van der Waals surface area contributed by atoms with Crippen LogP contribution in [0.15, 0.2) is 29.2 Å². The summed E-state index contributed by atoms with van der Waals surface area (Å²) in [7, 11) is 0. The zero-order chi connectivity index (χ0) is 13.7. The van der Waals surface area contributed by atoms with Crippen LogP contribution in [-0.2, 0) is 16.1 Å². The molecule has 0 spiro atoms. The fourth-order valence-electron chi connectivity index (χ4n) is 2.06. The molecule has 1 aromatic heterocycles. The molecule has 0 saturated carbocycles. The fraction of sp³-hybridized carbons (Fsp3) is 0.462. The van der Waals surface area contributed by atoms with E-state index < -0.39 is 6.04 Å². The molecule has 0 unspecified atom stereocenters. The summed E-state index contributed by atoms with van der Waals surface area (Å²) < 4.78 is 1.31. The van der Waals surface area contributed by atoms with Crippen molar-refractivity contribution in [2.75, 3.05) is 6.54 Å². The van der Waals surface area contributed by atoms with Gasteiger partial charge in [0.2, 0.25) is 11.8 Å². The van der Waals surface area contributed by atoms with E-state index in [9.17, 15) is 14.4 Å². The largest absolute Gasteiger partial charge is 0.354 e. The van der Waals surface area contributed by atoms with Gasteiger partial charge in [0.15, 0.2) is 0 Å². The number of carbonyl (C=O) groups is 2. The Morgan fingerprint density at radius 2 is 2.21 bits per heavy atom. The molecule has 1 fully saturated rings. The van der Waals surface area contributed by atoms with Crippen LogP contribution >= 0.6 is 0 Å². The predicted octanol–water partition coefficient (Wildman–Crippen LogP) is -0.367. The number of nitrogens with one attached hydrogen (secondary N) is 2. The number of hydrogen-bond donors (Lipinski definition) is 2. The van der Waals surface area contributed by atoms with Crippen LogP contribution in [0.3, 0.4) is 0 Å². The zero-order valence-electron chi connectivity index (χ0n) is 10.6. The van der Waals surface area contributed by atoms with E-state index >= 15 is 0 Å². The second kappa shape index (κ2) is 6.17. The van der Waals surface area contributed by atoms with Crippen molar-refractivity contribution in [1.82, 2.24) is 15.2 Å². The Bertz CT molecular complexity index is 524. The van der Waals surface area contributed by atoms with Gasteiger partial charge in [0, 0.05) is 18.8 Å². The van der Waals surface area contributed by atoms with Crippen LogP contribution in [0.2, 0.25) is 0 Å². The average molecular weight is 263 g/mol. The fourth-order valence-corrected chi connectivity index (χ4v) is 2.06. The Morgan fingerprint density at radius 1 is 1.37 bits per heavy atom. The highest BCUT2D eigenvalue weighted by Gasteiger charge is 2.22. The van der Waals surface area contributed by atoms with Gasteiger partial charge in [-0.3, -0.25) is 14.4 Å². The van der Waals surface area contributed by atoms with E-state index in [4.69, 9.17) is 0 Å². The van der Waals surface area contributed by atoms with E-state index in [0.717, 1.165) is 12.8 Å². The lowest BCUT2D eigenvalue weighted by atomic mass is 10.1. The van der Waals surface area contributed by atoms with Crippen molar-refractivity contribution in [2.45, 2.75) is 31.8 Å². The Hall–Kier alpha value is -2.11. The van der Waals surface area contributed by atoms with Crippen molar-refractivity contribution in [3.05, 3.63) is 34.7 Å². The Kier molecular flexibility index (Phi) is 4.33. The van der Waals surface area contributed by atoms with E-state index in [1.54, 1.807) is 18.3 Å². The van der Waals surface area contributed by atoms with Gasteiger partial charge in [-0.1, -0.05) is 6.07 Å². The SMILES string of the molecule is O=C(Cn1ccccc1=O)N[C@H]1CCCCNC1=O. The first kappa shape index (κ1) is 13.3. The van der Waals surface area contributed by atoms with Crippen LogP contribution in [0.5, 0.6) is 0 Å². The summed E-state index contributed by atoms with van der Waals surface area (Å²) in [6.07, 6.45) is 4.02. The molecule has 1 saturated heterocycles. The number of rotatable bonds is 3. The van der Waals surface area contributed by atoms with Crippen molar-refractivity contribution in [2.24, 2.45) is 0 Å². The molecule has 1 aliphatic rings. The van der Waals surface area contributed by atoms with E-state index in [1.165, 1.54) is 10.6 Å². The molecule has 0 radical (unpaired) electrons. The summed E-state index contributed by atoms with van der Waals surface area (Å²) in [5, 5.41) is 5.43. The summed E-state index contributed by atoms with van der Waals surface area (Å²) >= 11 is 0. The Balaban J connectivity index is 1.95. The minimum Gasteiger partial charge on any atom is -0.354 e. The molecule has 2 N–H and O–H groups in total. The minimum absolute atomic E-state index is 0.0660. The van der Waals surface area contributed by atoms with Gasteiger partial charge in [0.05, 0.1) is 0 Å². The van der Waals surface area contributed by atoms with Gasteiger partial charge in [-0.25, -0.2) is 0 Å². The highest BCUT2D eigenvalue weighted by Crippen LogP contribution is 2.05. The van der Waals surface area contributed by atoms with E-state index in [2.05, 4.69) is 10.6 Å². The molecule has 19 heavy (non-hydrogen) atoms. The molecule has 0 aromatic carbocycles. The maximum absolute atomic E-state index is 11.8. The van der Waals surface area contributed by atoms with Gasteiger partial charge in [-0.15, -0.1) is 0 Å². The first-order valence-electron chi connectivity index (χ1n) is 6.39. The van der Waals surface area contributed by atoms with E-state index in [0.29, 0.717) is 13.0 Å². The number of pyridine rings is 1. The predicted molar refractivity (Wildman–Crippen MR) is 69.5 cm³/mol. The molecule has 2 amide bonds. The number of aromatic nitrogens is 1. The summed E-state index contributed by atoms with van der Waals surface area (Å²) in [6, 6.07) is 4.21. The first-order valence-corrected chi connectivity index (χ1v) is 6.39. The van der Waals surface area contributed by atoms with Crippen molar-refractivity contribution in [1.29, 1.82) is 0 Å². The normalized spacial score (nSPS) is 19.4. The van der Waals surface area contributed by atoms with Crippen molar-refractivity contribution < 1.29 is 9.59 Å². The summed E-state index contributed by atoms with van der Waals surface area (Å²) in [6.45, 7) is 0.590. The summed E-state index contributed by atoms with van der Waals surface area (Å²) in [5.74, 6) is -0.471. The maximum atomic E-state index is 11.8. The highest BCUT2D eigenvalue weighted by atomic mass is 16.2. The Labute approximate surface area is 110 Å². The monoisotopic (exact) mass is 263 g/mol. The second-order valence-corrected chi connectivity index (χ2v) is 4.57. The standard InChI is InChI=1S/C13H17N3O3/c17-11(9-16-8-4-2-6-12(16)18)15-10-5-1-3-7-14-13(10)19/h2,4,6,8,10H,1,3,5,7,9H2,(H,14,19)(H,15,17)/t10-/m0/s1. The quantitative estimate of drug-likeness (QED) is 0.781. The third-order valence-corrected chi connectivity index (χ3v) is 3.08. The van der Waals surface area contributed by atoms with Gasteiger partial charge in [-0.2, -0.15) is 0 Å². The lowest BCUT2D eigenvalue weighted by Gasteiger charge is -2.15. The average Bonchev–Trinajstić information content (AvgIpc) is 2.58. The van der Waals surface area contributed by atoms with Crippen molar-refractivity contribution >= 4 is 11.8 Å². The Morgan fingerprint density at radius 3 is 3.00 bits per heavy atom. The maximum Gasteiger partial charge on any atom is 0.250 e. The smallest absolute Gasteiger partial charge is 0.250 e. The van der Waals surface area contributed by atoms with Crippen LogP contribution in [0, 0.1) is 0 Å². The topological polar surface area (TPSA) is 80.2 Å². The lowest BCUT2D eigenvalue weighted by molar-refractivity contribution is -0.129.